The molecule has 2 nitrogen and oxygen atoms in total. The highest BCUT2D eigenvalue weighted by Gasteiger charge is 2.39. The lowest BCUT2D eigenvalue weighted by molar-refractivity contribution is 0.125. The summed E-state index contributed by atoms with van der Waals surface area (Å²) in [4.78, 5) is 0. The van der Waals surface area contributed by atoms with Gasteiger partial charge in [0.1, 0.15) is 10.1 Å². The minimum Gasteiger partial charge on any atom is -0.376 e. The third-order valence-corrected chi connectivity index (χ3v) is 6.49. The van der Waals surface area contributed by atoms with E-state index in [1.807, 2.05) is 97.1 Å². The normalized spacial score (nSPS) is 19.1. The number of allylic oxidation sites excluding steroid dienone is 2. The van der Waals surface area contributed by atoms with Crippen molar-refractivity contribution < 1.29 is 10.2 Å². The molecule has 0 fully saturated rings. The molecule has 0 aliphatic heterocycles. The van der Waals surface area contributed by atoms with Crippen molar-refractivity contribution in [1.82, 2.24) is 0 Å². The molecule has 0 saturated carbocycles. The third kappa shape index (κ3) is 3.78. The first-order valence-electron chi connectivity index (χ1n) is 9.35. The quantitative estimate of drug-likeness (QED) is 0.325. The number of benzene rings is 3. The summed E-state index contributed by atoms with van der Waals surface area (Å²) in [6.07, 6.45) is 6.18. The molecule has 1 aliphatic rings. The van der Waals surface area contributed by atoms with Crippen LogP contribution in [-0.4, -0.2) is 14.7 Å². The van der Waals surface area contributed by atoms with Gasteiger partial charge < -0.3 is 10.2 Å². The first kappa shape index (κ1) is 20.3. The van der Waals surface area contributed by atoms with Crippen LogP contribution in [0.2, 0.25) is 0 Å². The van der Waals surface area contributed by atoms with Gasteiger partial charge in [-0.25, -0.2) is 0 Å². The van der Waals surface area contributed by atoms with Gasteiger partial charge in [0.25, 0.3) is 0 Å². The monoisotopic (exact) mass is 510 g/mol. The number of halogens is 2. The van der Waals surface area contributed by atoms with Gasteiger partial charge in [0.2, 0.25) is 0 Å². The minimum absolute atomic E-state index is 0.448. The zero-order valence-electron chi connectivity index (χ0n) is 15.6. The first-order chi connectivity index (χ1) is 13.9. The van der Waals surface area contributed by atoms with E-state index in [1.54, 1.807) is 0 Å². The summed E-state index contributed by atoms with van der Waals surface area (Å²) >= 11 is 7.04. The molecule has 0 spiro atoms. The van der Waals surface area contributed by atoms with E-state index in [9.17, 15) is 10.2 Å². The summed E-state index contributed by atoms with van der Waals surface area (Å²) in [5, 5.41) is 23.3. The maximum Gasteiger partial charge on any atom is 0.148 e. The second-order valence-electron chi connectivity index (χ2n) is 7.10. The average molecular weight is 512 g/mol. The fraction of sp³-hybridized carbons (Fsp3) is 0.120. The van der Waals surface area contributed by atoms with Crippen LogP contribution in [0.25, 0.3) is 5.57 Å². The van der Waals surface area contributed by atoms with Gasteiger partial charge in [0.15, 0.2) is 0 Å². The standard InChI is InChI=1S/C25H20Br2O2/c26-20-14-15-21(22-13-7-8-16-24(22,27)28)23(17-20)25(29,18-9-3-1-4-10-18)19-11-5-2-6-12-19/h1-15,17,28-29H,16H2. The van der Waals surface area contributed by atoms with Crippen molar-refractivity contribution in [3.8, 4) is 0 Å². The Hall–Kier alpha value is -1.98. The van der Waals surface area contributed by atoms with Crippen molar-refractivity contribution in [2.24, 2.45) is 0 Å². The largest absolute Gasteiger partial charge is 0.376 e. The van der Waals surface area contributed by atoms with Gasteiger partial charge in [-0.2, -0.15) is 0 Å². The zero-order valence-corrected chi connectivity index (χ0v) is 18.8. The van der Waals surface area contributed by atoms with Crippen LogP contribution in [-0.2, 0) is 5.60 Å². The van der Waals surface area contributed by atoms with E-state index in [-0.39, 0.29) is 0 Å². The van der Waals surface area contributed by atoms with E-state index < -0.39 is 10.1 Å². The van der Waals surface area contributed by atoms with Gasteiger partial charge in [0, 0.05) is 22.0 Å². The fourth-order valence-electron chi connectivity index (χ4n) is 3.81. The lowest BCUT2D eigenvalue weighted by atomic mass is 9.76. The van der Waals surface area contributed by atoms with Gasteiger partial charge in [-0.3, -0.25) is 0 Å². The maximum absolute atomic E-state index is 12.3. The molecule has 29 heavy (non-hydrogen) atoms. The van der Waals surface area contributed by atoms with Crippen molar-refractivity contribution in [1.29, 1.82) is 0 Å². The Morgan fingerprint density at radius 2 is 1.45 bits per heavy atom. The third-order valence-electron chi connectivity index (χ3n) is 5.24. The van der Waals surface area contributed by atoms with Crippen LogP contribution < -0.4 is 0 Å². The number of hydrogen-bond donors (Lipinski definition) is 2. The van der Waals surface area contributed by atoms with Crippen molar-refractivity contribution >= 4 is 37.4 Å². The molecule has 3 aromatic carbocycles. The maximum atomic E-state index is 12.3. The molecular weight excluding hydrogens is 492 g/mol. The fourth-order valence-corrected chi connectivity index (χ4v) is 4.70. The van der Waals surface area contributed by atoms with Crippen molar-refractivity contribution in [2.75, 3.05) is 0 Å². The van der Waals surface area contributed by atoms with Crippen molar-refractivity contribution in [3.63, 3.8) is 0 Å². The van der Waals surface area contributed by atoms with Crippen LogP contribution in [0.1, 0.15) is 28.7 Å². The molecule has 1 atom stereocenters. The second kappa shape index (κ2) is 8.04. The summed E-state index contributed by atoms with van der Waals surface area (Å²) in [5.41, 5.74) is 2.32. The molecule has 3 aromatic rings. The molecule has 4 rings (SSSR count). The molecule has 0 saturated heterocycles. The molecule has 0 amide bonds. The molecular formula is C25H20Br2O2. The van der Waals surface area contributed by atoms with Gasteiger partial charge in [0.05, 0.1) is 0 Å². The van der Waals surface area contributed by atoms with Crippen molar-refractivity contribution in [2.45, 2.75) is 16.5 Å². The molecule has 1 aliphatic carbocycles. The van der Waals surface area contributed by atoms with Gasteiger partial charge in [-0.05, 0) is 44.8 Å². The molecule has 4 heteroatoms. The number of rotatable bonds is 4. The molecule has 0 heterocycles. The lowest BCUT2D eigenvalue weighted by Gasteiger charge is -2.35. The van der Waals surface area contributed by atoms with Gasteiger partial charge >= 0.3 is 0 Å². The van der Waals surface area contributed by atoms with Crippen LogP contribution in [0.3, 0.4) is 0 Å². The summed E-state index contributed by atoms with van der Waals surface area (Å²) < 4.78 is -0.342. The minimum atomic E-state index is -1.40. The predicted molar refractivity (Wildman–Crippen MR) is 125 cm³/mol. The molecule has 0 aromatic heterocycles. The Morgan fingerprint density at radius 1 is 0.862 bits per heavy atom. The lowest BCUT2D eigenvalue weighted by Crippen LogP contribution is -2.32. The smallest absolute Gasteiger partial charge is 0.148 e. The highest BCUT2D eigenvalue weighted by molar-refractivity contribution is 9.10. The van der Waals surface area contributed by atoms with E-state index >= 15 is 0 Å². The Bertz CT molecular complexity index is 1030. The first-order valence-corrected chi connectivity index (χ1v) is 10.9. The van der Waals surface area contributed by atoms with E-state index in [4.69, 9.17) is 0 Å². The summed E-state index contributed by atoms with van der Waals surface area (Å²) in [6, 6.07) is 25.0. The summed E-state index contributed by atoms with van der Waals surface area (Å²) in [5.74, 6) is 0. The Balaban J connectivity index is 2.04. The van der Waals surface area contributed by atoms with Crippen molar-refractivity contribution in [3.05, 3.63) is 124 Å². The summed E-state index contributed by atoms with van der Waals surface area (Å²) in [7, 11) is 0. The predicted octanol–water partition coefficient (Wildman–Crippen LogP) is 6.16. The molecule has 0 radical (unpaired) electrons. The number of hydrogen-bond acceptors (Lipinski definition) is 2. The number of alkyl halides is 1. The zero-order chi connectivity index (χ0) is 20.5. The van der Waals surface area contributed by atoms with Crippen LogP contribution in [0.5, 0.6) is 0 Å². The van der Waals surface area contributed by atoms with E-state index in [2.05, 4.69) is 31.9 Å². The van der Waals surface area contributed by atoms with Crippen LogP contribution in [0.4, 0.5) is 0 Å². The Labute approximate surface area is 187 Å². The number of aliphatic hydroxyl groups is 2. The van der Waals surface area contributed by atoms with E-state index in [1.165, 1.54) is 0 Å². The Morgan fingerprint density at radius 3 is 2.00 bits per heavy atom. The van der Waals surface area contributed by atoms with E-state index in [0.29, 0.717) is 17.6 Å². The molecule has 2 N–H and O–H groups in total. The highest BCUT2D eigenvalue weighted by Crippen LogP contribution is 2.46. The molecule has 146 valence electrons. The highest BCUT2D eigenvalue weighted by atomic mass is 79.9. The van der Waals surface area contributed by atoms with Crippen LogP contribution in [0.15, 0.2) is 102 Å². The van der Waals surface area contributed by atoms with Gasteiger partial charge in [-0.1, -0.05) is 101 Å². The van der Waals surface area contributed by atoms with Gasteiger partial charge in [-0.15, -0.1) is 0 Å². The van der Waals surface area contributed by atoms with E-state index in [0.717, 1.165) is 21.2 Å². The summed E-state index contributed by atoms with van der Waals surface area (Å²) in [6.45, 7) is 0. The molecule has 1 unspecified atom stereocenters. The Kier molecular flexibility index (Phi) is 5.63. The molecule has 0 bridgehead atoms. The topological polar surface area (TPSA) is 40.5 Å². The SMILES string of the molecule is OC1(Br)CC=CC=C1c1ccc(Br)cc1C(O)(c1ccccc1)c1ccccc1. The second-order valence-corrected chi connectivity index (χ2v) is 9.33. The average Bonchev–Trinajstić information content (AvgIpc) is 2.74. The van der Waals surface area contributed by atoms with Crippen LogP contribution >= 0.6 is 31.9 Å². The van der Waals surface area contributed by atoms with Crippen LogP contribution in [0, 0.1) is 0 Å².